The van der Waals surface area contributed by atoms with Gasteiger partial charge in [-0.3, -0.25) is 4.72 Å². The molecule has 112 valence electrons. The smallest absolute Gasteiger partial charge is 0.337 e. The van der Waals surface area contributed by atoms with Gasteiger partial charge in [0.1, 0.15) is 4.21 Å². The summed E-state index contributed by atoms with van der Waals surface area (Å²) >= 11 is 7.49. The highest BCUT2D eigenvalue weighted by molar-refractivity contribution is 9.11. The normalized spacial score (nSPS) is 11.4. The zero-order valence-electron chi connectivity index (χ0n) is 10.6. The Hall–Kier alpha value is -0.900. The summed E-state index contributed by atoms with van der Waals surface area (Å²) in [4.78, 5) is 11.2. The molecule has 0 saturated heterocycles. The summed E-state index contributed by atoms with van der Waals surface area (Å²) in [7, 11) is -3.82. The van der Waals surface area contributed by atoms with Crippen molar-refractivity contribution in [1.82, 2.24) is 0 Å². The summed E-state index contributed by atoms with van der Waals surface area (Å²) in [5.41, 5.74) is 0.697. The number of carboxylic acids is 1. The molecule has 0 radical (unpaired) electrons. The minimum absolute atomic E-state index is 0.0212. The molecule has 0 unspecified atom stereocenters. The maximum atomic E-state index is 12.3. The zero-order chi connectivity index (χ0) is 15.8. The third-order valence-electron chi connectivity index (χ3n) is 2.56. The Morgan fingerprint density at radius 1 is 1.29 bits per heavy atom. The average molecular weight is 455 g/mol. The Kier molecular flexibility index (Phi) is 4.76. The molecular formula is C12H9Br2NO4S2. The SMILES string of the molecule is Cc1cc(S(=O)(=O)Nc2ccc(Br)cc2C(=O)O)sc1Br. The second-order valence-corrected chi connectivity index (χ2v) is 9.32. The van der Waals surface area contributed by atoms with E-state index in [9.17, 15) is 13.2 Å². The Labute approximate surface area is 142 Å². The Morgan fingerprint density at radius 3 is 2.48 bits per heavy atom. The molecule has 2 aromatic rings. The summed E-state index contributed by atoms with van der Waals surface area (Å²) in [5.74, 6) is -1.21. The van der Waals surface area contributed by atoms with Crippen molar-refractivity contribution >= 4 is 64.9 Å². The predicted molar refractivity (Wildman–Crippen MR) is 88.7 cm³/mol. The molecule has 0 amide bonds. The number of benzene rings is 1. The molecule has 0 atom stereocenters. The van der Waals surface area contributed by atoms with Crippen molar-refractivity contribution in [3.63, 3.8) is 0 Å². The first-order valence-corrected chi connectivity index (χ1v) is 9.41. The van der Waals surface area contributed by atoms with Crippen LogP contribution in [-0.4, -0.2) is 19.5 Å². The van der Waals surface area contributed by atoms with Gasteiger partial charge in [0.25, 0.3) is 10.0 Å². The fraction of sp³-hybridized carbons (Fsp3) is 0.0833. The minimum Gasteiger partial charge on any atom is -0.478 e. The van der Waals surface area contributed by atoms with Crippen LogP contribution < -0.4 is 4.72 Å². The van der Waals surface area contributed by atoms with E-state index in [1.165, 1.54) is 18.2 Å². The van der Waals surface area contributed by atoms with Crippen molar-refractivity contribution in [2.75, 3.05) is 4.72 Å². The van der Waals surface area contributed by atoms with Crippen molar-refractivity contribution in [3.8, 4) is 0 Å². The number of anilines is 1. The number of carbonyl (C=O) groups is 1. The van der Waals surface area contributed by atoms with Gasteiger partial charge in [-0.2, -0.15) is 0 Å². The van der Waals surface area contributed by atoms with E-state index < -0.39 is 16.0 Å². The molecule has 0 aliphatic rings. The molecule has 1 heterocycles. The van der Waals surface area contributed by atoms with E-state index in [0.29, 0.717) is 4.47 Å². The molecule has 0 aliphatic heterocycles. The lowest BCUT2D eigenvalue weighted by Crippen LogP contribution is -2.14. The van der Waals surface area contributed by atoms with E-state index in [0.717, 1.165) is 20.7 Å². The molecule has 2 N–H and O–H groups in total. The van der Waals surface area contributed by atoms with Crippen LogP contribution in [0.2, 0.25) is 0 Å². The highest BCUT2D eigenvalue weighted by atomic mass is 79.9. The van der Waals surface area contributed by atoms with E-state index >= 15 is 0 Å². The topological polar surface area (TPSA) is 83.5 Å². The summed E-state index contributed by atoms with van der Waals surface area (Å²) < 4.78 is 28.3. The van der Waals surface area contributed by atoms with Crippen LogP contribution in [0, 0.1) is 6.92 Å². The third kappa shape index (κ3) is 3.65. The first-order valence-electron chi connectivity index (χ1n) is 5.52. The molecule has 0 spiro atoms. The van der Waals surface area contributed by atoms with E-state index in [4.69, 9.17) is 5.11 Å². The first kappa shape index (κ1) is 16.5. The van der Waals surface area contributed by atoms with Gasteiger partial charge in [-0.1, -0.05) is 15.9 Å². The monoisotopic (exact) mass is 453 g/mol. The van der Waals surface area contributed by atoms with Crippen LogP contribution in [0.1, 0.15) is 15.9 Å². The number of halogens is 2. The lowest BCUT2D eigenvalue weighted by atomic mass is 10.2. The van der Waals surface area contributed by atoms with Crippen LogP contribution in [0.5, 0.6) is 0 Å². The molecule has 2 rings (SSSR count). The molecule has 0 fully saturated rings. The Bertz CT molecular complexity index is 795. The highest BCUT2D eigenvalue weighted by Crippen LogP contribution is 2.32. The number of sulfonamides is 1. The molecule has 5 nitrogen and oxygen atoms in total. The fourth-order valence-electron chi connectivity index (χ4n) is 1.54. The molecular weight excluding hydrogens is 446 g/mol. The molecule has 21 heavy (non-hydrogen) atoms. The van der Waals surface area contributed by atoms with Crippen LogP contribution in [0.3, 0.4) is 0 Å². The quantitative estimate of drug-likeness (QED) is 0.728. The Balaban J connectivity index is 2.44. The van der Waals surface area contributed by atoms with Crippen LogP contribution >= 0.6 is 43.2 Å². The maximum absolute atomic E-state index is 12.3. The van der Waals surface area contributed by atoms with Gasteiger partial charge in [-0.05, 0) is 52.7 Å². The second kappa shape index (κ2) is 6.07. The van der Waals surface area contributed by atoms with Crippen molar-refractivity contribution in [2.45, 2.75) is 11.1 Å². The predicted octanol–water partition coefficient (Wildman–Crippen LogP) is 4.08. The summed E-state index contributed by atoms with van der Waals surface area (Å²) in [6, 6.07) is 5.84. The molecule has 1 aromatic carbocycles. The number of hydrogen-bond acceptors (Lipinski definition) is 4. The van der Waals surface area contributed by atoms with Gasteiger partial charge < -0.3 is 5.11 Å². The van der Waals surface area contributed by atoms with Crippen molar-refractivity contribution in [1.29, 1.82) is 0 Å². The number of nitrogens with one attached hydrogen (secondary N) is 1. The third-order valence-corrected chi connectivity index (χ3v) is 7.02. The molecule has 1 aromatic heterocycles. The van der Waals surface area contributed by atoms with Crippen molar-refractivity contribution in [3.05, 3.63) is 43.7 Å². The lowest BCUT2D eigenvalue weighted by molar-refractivity contribution is 0.0698. The van der Waals surface area contributed by atoms with Gasteiger partial charge in [0.15, 0.2) is 0 Å². The summed E-state index contributed by atoms with van der Waals surface area (Å²) in [6.45, 7) is 1.78. The fourth-order valence-corrected chi connectivity index (χ4v) is 5.21. The number of carboxylic acid groups (broad SMARTS) is 1. The number of aromatic carboxylic acids is 1. The second-order valence-electron chi connectivity index (χ2n) is 4.12. The van der Waals surface area contributed by atoms with Crippen LogP contribution in [-0.2, 0) is 10.0 Å². The van der Waals surface area contributed by atoms with Gasteiger partial charge in [0, 0.05) is 4.47 Å². The summed E-state index contributed by atoms with van der Waals surface area (Å²) in [5, 5.41) is 9.15. The number of thiophene rings is 1. The molecule has 0 bridgehead atoms. The molecule has 0 aliphatic carbocycles. The number of rotatable bonds is 4. The van der Waals surface area contributed by atoms with Gasteiger partial charge >= 0.3 is 5.97 Å². The van der Waals surface area contributed by atoms with Crippen LogP contribution in [0.15, 0.2) is 36.7 Å². The average Bonchev–Trinajstić information content (AvgIpc) is 2.72. The Morgan fingerprint density at radius 2 is 1.95 bits per heavy atom. The number of aryl methyl sites for hydroxylation is 1. The largest absolute Gasteiger partial charge is 0.478 e. The minimum atomic E-state index is -3.82. The van der Waals surface area contributed by atoms with Gasteiger partial charge in [0.2, 0.25) is 0 Å². The standard InChI is InChI=1S/C12H9Br2NO4S2/c1-6-4-10(20-11(6)14)21(18,19)15-9-3-2-7(13)5-8(9)12(16)17/h2-5,15H,1H3,(H,16,17). The van der Waals surface area contributed by atoms with E-state index in [-0.39, 0.29) is 15.5 Å². The van der Waals surface area contributed by atoms with E-state index in [1.807, 2.05) is 0 Å². The van der Waals surface area contributed by atoms with Gasteiger partial charge in [-0.15, -0.1) is 11.3 Å². The van der Waals surface area contributed by atoms with Crippen molar-refractivity contribution in [2.24, 2.45) is 0 Å². The van der Waals surface area contributed by atoms with Gasteiger partial charge in [0.05, 0.1) is 15.0 Å². The highest BCUT2D eigenvalue weighted by Gasteiger charge is 2.21. The lowest BCUT2D eigenvalue weighted by Gasteiger charge is -2.09. The van der Waals surface area contributed by atoms with E-state index in [2.05, 4.69) is 36.6 Å². The summed E-state index contributed by atoms with van der Waals surface area (Å²) in [6.07, 6.45) is 0. The number of hydrogen-bond donors (Lipinski definition) is 2. The first-order chi connectivity index (χ1) is 9.70. The molecule has 9 heteroatoms. The van der Waals surface area contributed by atoms with Crippen LogP contribution in [0.4, 0.5) is 5.69 Å². The molecule has 0 saturated carbocycles. The maximum Gasteiger partial charge on any atom is 0.337 e. The van der Waals surface area contributed by atoms with Crippen molar-refractivity contribution < 1.29 is 18.3 Å². The van der Waals surface area contributed by atoms with Gasteiger partial charge in [-0.25, -0.2) is 13.2 Å². The van der Waals surface area contributed by atoms with Crippen LogP contribution in [0.25, 0.3) is 0 Å². The zero-order valence-corrected chi connectivity index (χ0v) is 15.4. The van der Waals surface area contributed by atoms with E-state index in [1.54, 1.807) is 13.0 Å².